The minimum Gasteiger partial charge on any atom is -0.391 e. The van der Waals surface area contributed by atoms with E-state index < -0.39 is 0 Å². The molecule has 1 heterocycles. The summed E-state index contributed by atoms with van der Waals surface area (Å²) in [5.41, 5.74) is 0. The molecule has 0 amide bonds. The molecule has 1 fully saturated rings. The van der Waals surface area contributed by atoms with E-state index in [-0.39, 0.29) is 12.2 Å². The molecule has 1 aliphatic rings. The summed E-state index contributed by atoms with van der Waals surface area (Å²) < 4.78 is 10.4. The van der Waals surface area contributed by atoms with Crippen LogP contribution in [0.25, 0.3) is 0 Å². The Labute approximate surface area is 60.9 Å². The highest BCUT2D eigenvalue weighted by Gasteiger charge is 2.15. The van der Waals surface area contributed by atoms with Crippen molar-refractivity contribution in [3.05, 3.63) is 0 Å². The molecule has 0 saturated carbocycles. The predicted octanol–water partition coefficient (Wildman–Crippen LogP) is 0.173. The molecule has 0 spiro atoms. The van der Waals surface area contributed by atoms with Crippen LogP contribution in [0, 0.1) is 0 Å². The minimum absolute atomic E-state index is 0.217. The SMILES string of the molecule is C[C@@H](O)CO[C@@H]1CCOC1. The first kappa shape index (κ1) is 7.98. The molecule has 3 nitrogen and oxygen atoms in total. The summed E-state index contributed by atoms with van der Waals surface area (Å²) in [6.07, 6.45) is 0.822. The molecule has 1 saturated heterocycles. The molecule has 2 atom stereocenters. The molecular weight excluding hydrogens is 132 g/mol. The second-order valence-electron chi connectivity index (χ2n) is 2.67. The molecule has 60 valence electrons. The van der Waals surface area contributed by atoms with Crippen LogP contribution in [0.3, 0.4) is 0 Å². The Balaban J connectivity index is 2.01. The number of aliphatic hydroxyl groups excluding tert-OH is 1. The first-order chi connectivity index (χ1) is 4.79. The third kappa shape index (κ3) is 2.64. The van der Waals surface area contributed by atoms with Gasteiger partial charge in [0.05, 0.1) is 25.4 Å². The van der Waals surface area contributed by atoms with E-state index in [4.69, 9.17) is 14.6 Å². The highest BCUT2D eigenvalue weighted by molar-refractivity contribution is 4.63. The lowest BCUT2D eigenvalue weighted by Crippen LogP contribution is -2.19. The second-order valence-corrected chi connectivity index (χ2v) is 2.67. The van der Waals surface area contributed by atoms with Gasteiger partial charge in [0, 0.05) is 6.61 Å². The van der Waals surface area contributed by atoms with Gasteiger partial charge in [-0.15, -0.1) is 0 Å². The van der Waals surface area contributed by atoms with E-state index in [9.17, 15) is 0 Å². The number of rotatable bonds is 3. The van der Waals surface area contributed by atoms with Crippen LogP contribution in [0.1, 0.15) is 13.3 Å². The minimum atomic E-state index is -0.361. The molecule has 0 unspecified atom stereocenters. The highest BCUT2D eigenvalue weighted by Crippen LogP contribution is 2.07. The zero-order valence-corrected chi connectivity index (χ0v) is 6.25. The largest absolute Gasteiger partial charge is 0.391 e. The third-order valence-corrected chi connectivity index (χ3v) is 1.46. The Bertz CT molecular complexity index is 86.9. The Morgan fingerprint density at radius 2 is 2.60 bits per heavy atom. The highest BCUT2D eigenvalue weighted by atomic mass is 16.5. The summed E-state index contributed by atoms with van der Waals surface area (Å²) >= 11 is 0. The van der Waals surface area contributed by atoms with Crippen molar-refractivity contribution in [2.24, 2.45) is 0 Å². The molecule has 1 aliphatic heterocycles. The fourth-order valence-electron chi connectivity index (χ4n) is 0.920. The summed E-state index contributed by atoms with van der Waals surface area (Å²) in [5, 5.41) is 8.85. The van der Waals surface area contributed by atoms with Crippen LogP contribution in [0.5, 0.6) is 0 Å². The van der Waals surface area contributed by atoms with E-state index in [1.54, 1.807) is 6.92 Å². The van der Waals surface area contributed by atoms with E-state index in [0.29, 0.717) is 13.2 Å². The van der Waals surface area contributed by atoms with Gasteiger partial charge < -0.3 is 14.6 Å². The van der Waals surface area contributed by atoms with Crippen molar-refractivity contribution in [2.45, 2.75) is 25.6 Å². The standard InChI is InChI=1S/C7H14O3/c1-6(8)4-10-7-2-3-9-5-7/h6-8H,2-5H2,1H3/t6-,7-/m1/s1. The van der Waals surface area contributed by atoms with Crippen molar-refractivity contribution < 1.29 is 14.6 Å². The Morgan fingerprint density at radius 1 is 1.80 bits per heavy atom. The lowest BCUT2D eigenvalue weighted by Gasteiger charge is -2.10. The van der Waals surface area contributed by atoms with Crippen molar-refractivity contribution in [2.75, 3.05) is 19.8 Å². The van der Waals surface area contributed by atoms with Crippen molar-refractivity contribution in [3.8, 4) is 0 Å². The fourth-order valence-corrected chi connectivity index (χ4v) is 0.920. The summed E-state index contributed by atoms with van der Waals surface area (Å²) in [7, 11) is 0. The van der Waals surface area contributed by atoms with E-state index in [0.717, 1.165) is 13.0 Å². The van der Waals surface area contributed by atoms with Gasteiger partial charge in [0.15, 0.2) is 0 Å². The van der Waals surface area contributed by atoms with Crippen molar-refractivity contribution in [1.29, 1.82) is 0 Å². The Kier molecular flexibility index (Phi) is 3.12. The molecule has 1 N–H and O–H groups in total. The summed E-state index contributed by atoms with van der Waals surface area (Å²) in [5.74, 6) is 0. The van der Waals surface area contributed by atoms with Crippen molar-refractivity contribution >= 4 is 0 Å². The van der Waals surface area contributed by atoms with Crippen molar-refractivity contribution in [3.63, 3.8) is 0 Å². The van der Waals surface area contributed by atoms with Gasteiger partial charge in [-0.05, 0) is 13.3 Å². The average Bonchev–Trinajstić information content (AvgIpc) is 2.34. The van der Waals surface area contributed by atoms with Crippen LogP contribution < -0.4 is 0 Å². The maximum absolute atomic E-state index is 8.85. The first-order valence-corrected chi connectivity index (χ1v) is 3.66. The molecule has 0 aromatic carbocycles. The number of hydrogen-bond donors (Lipinski definition) is 1. The number of hydrogen-bond acceptors (Lipinski definition) is 3. The van der Waals surface area contributed by atoms with E-state index in [1.807, 2.05) is 0 Å². The van der Waals surface area contributed by atoms with Gasteiger partial charge in [0.2, 0.25) is 0 Å². The third-order valence-electron chi connectivity index (χ3n) is 1.46. The number of ether oxygens (including phenoxy) is 2. The van der Waals surface area contributed by atoms with Crippen LogP contribution in [0.15, 0.2) is 0 Å². The monoisotopic (exact) mass is 146 g/mol. The molecule has 1 rings (SSSR count). The topological polar surface area (TPSA) is 38.7 Å². The summed E-state index contributed by atoms with van der Waals surface area (Å²) in [4.78, 5) is 0. The van der Waals surface area contributed by atoms with Gasteiger partial charge in [-0.3, -0.25) is 0 Å². The average molecular weight is 146 g/mol. The second kappa shape index (κ2) is 3.91. The van der Waals surface area contributed by atoms with Crippen LogP contribution in [-0.4, -0.2) is 37.1 Å². The predicted molar refractivity (Wildman–Crippen MR) is 36.9 cm³/mol. The maximum Gasteiger partial charge on any atom is 0.0831 e. The quantitative estimate of drug-likeness (QED) is 0.617. The van der Waals surface area contributed by atoms with Gasteiger partial charge in [-0.2, -0.15) is 0 Å². The van der Waals surface area contributed by atoms with Gasteiger partial charge in [-0.1, -0.05) is 0 Å². The lowest BCUT2D eigenvalue weighted by atomic mass is 10.3. The molecule has 0 bridgehead atoms. The zero-order valence-electron chi connectivity index (χ0n) is 6.25. The van der Waals surface area contributed by atoms with E-state index in [1.165, 1.54) is 0 Å². The first-order valence-electron chi connectivity index (χ1n) is 3.66. The molecular formula is C7H14O3. The molecule has 0 aliphatic carbocycles. The van der Waals surface area contributed by atoms with Crippen LogP contribution in [0.2, 0.25) is 0 Å². The molecule has 3 heteroatoms. The normalized spacial score (nSPS) is 28.8. The molecule has 0 radical (unpaired) electrons. The van der Waals surface area contributed by atoms with E-state index >= 15 is 0 Å². The lowest BCUT2D eigenvalue weighted by molar-refractivity contribution is -0.00602. The van der Waals surface area contributed by atoms with Gasteiger partial charge in [-0.25, -0.2) is 0 Å². The van der Waals surface area contributed by atoms with Gasteiger partial charge in [0.25, 0.3) is 0 Å². The van der Waals surface area contributed by atoms with Gasteiger partial charge in [0.1, 0.15) is 0 Å². The molecule has 0 aromatic rings. The van der Waals surface area contributed by atoms with Gasteiger partial charge >= 0.3 is 0 Å². The molecule has 10 heavy (non-hydrogen) atoms. The summed E-state index contributed by atoms with van der Waals surface area (Å²) in [6, 6.07) is 0. The van der Waals surface area contributed by atoms with Crippen LogP contribution >= 0.6 is 0 Å². The Morgan fingerprint density at radius 3 is 3.10 bits per heavy atom. The van der Waals surface area contributed by atoms with Crippen molar-refractivity contribution in [1.82, 2.24) is 0 Å². The maximum atomic E-state index is 8.85. The fraction of sp³-hybridized carbons (Fsp3) is 1.00. The smallest absolute Gasteiger partial charge is 0.0831 e. The molecule has 0 aromatic heterocycles. The van der Waals surface area contributed by atoms with Crippen LogP contribution in [-0.2, 0) is 9.47 Å². The zero-order chi connectivity index (χ0) is 7.40. The van der Waals surface area contributed by atoms with E-state index in [2.05, 4.69) is 0 Å². The Hall–Kier alpha value is -0.120. The van der Waals surface area contributed by atoms with Crippen LogP contribution in [0.4, 0.5) is 0 Å². The summed E-state index contributed by atoms with van der Waals surface area (Å²) in [6.45, 7) is 3.63. The number of aliphatic hydroxyl groups is 1.